The molecule has 3 aromatic heterocycles. The summed E-state index contributed by atoms with van der Waals surface area (Å²) >= 11 is 3.79. The van der Waals surface area contributed by atoms with Crippen molar-refractivity contribution in [2.24, 2.45) is 15.9 Å². The second-order valence-corrected chi connectivity index (χ2v) is 17.0. The third-order valence-corrected chi connectivity index (χ3v) is 13.9. The Bertz CT molecular complexity index is 3370. The number of aromatic nitrogens is 1. The van der Waals surface area contributed by atoms with E-state index in [2.05, 4.69) is 180 Å². The normalized spacial score (nSPS) is 16.6. The quantitative estimate of drug-likeness (QED) is 0.186. The molecule has 0 radical (unpaired) electrons. The van der Waals surface area contributed by atoms with Crippen molar-refractivity contribution in [3.05, 3.63) is 185 Å². The van der Waals surface area contributed by atoms with Gasteiger partial charge in [-0.15, -0.1) is 22.7 Å². The molecule has 0 fully saturated rings. The minimum Gasteiger partial charge on any atom is -0.348 e. The Balaban J connectivity index is 1.03. The van der Waals surface area contributed by atoms with Gasteiger partial charge in [0.15, 0.2) is 5.84 Å². The number of aliphatic imine (C=N–C) groups is 2. The van der Waals surface area contributed by atoms with Gasteiger partial charge in [0.05, 0.1) is 21.4 Å². The van der Waals surface area contributed by atoms with Gasteiger partial charge in [0, 0.05) is 52.3 Å². The Morgan fingerprint density at radius 1 is 0.579 bits per heavy atom. The van der Waals surface area contributed by atoms with Crippen LogP contribution in [-0.4, -0.2) is 16.2 Å². The number of nitrogens with one attached hydrogen (secondary N) is 1. The minimum absolute atomic E-state index is 0.0790. The molecule has 57 heavy (non-hydrogen) atoms. The number of amidine groups is 2. The van der Waals surface area contributed by atoms with Crippen molar-refractivity contribution < 1.29 is 0 Å². The first-order chi connectivity index (χ1) is 28.3. The molecule has 2 aliphatic rings. The molecule has 4 nitrogen and oxygen atoms in total. The number of benzene rings is 7. The van der Waals surface area contributed by atoms with Gasteiger partial charge in [-0.25, -0.2) is 9.98 Å². The summed E-state index contributed by atoms with van der Waals surface area (Å²) in [6, 6.07) is 58.9. The van der Waals surface area contributed by atoms with Crippen LogP contribution in [0.2, 0.25) is 0 Å². The highest BCUT2D eigenvalue weighted by molar-refractivity contribution is 7.26. The van der Waals surface area contributed by atoms with Crippen molar-refractivity contribution in [3.8, 4) is 16.8 Å². The average Bonchev–Trinajstić information content (AvgIpc) is 3.96. The molecule has 6 heteroatoms. The highest BCUT2D eigenvalue weighted by Crippen LogP contribution is 2.45. The van der Waals surface area contributed by atoms with Crippen molar-refractivity contribution in [3.63, 3.8) is 0 Å². The fourth-order valence-electron chi connectivity index (χ4n) is 9.02. The zero-order valence-corrected chi connectivity index (χ0v) is 32.4. The molecular formula is C51H34N4S2. The molecule has 7 aromatic carbocycles. The Morgan fingerprint density at radius 3 is 1.96 bits per heavy atom. The van der Waals surface area contributed by atoms with E-state index in [4.69, 9.17) is 9.98 Å². The number of hydrogen-bond donors (Lipinski definition) is 1. The van der Waals surface area contributed by atoms with Crippen molar-refractivity contribution >= 4 is 98.6 Å². The van der Waals surface area contributed by atoms with Gasteiger partial charge in [-0.05, 0) is 58.7 Å². The maximum absolute atomic E-state index is 5.21. The predicted molar refractivity (Wildman–Crippen MR) is 244 cm³/mol. The Morgan fingerprint density at radius 2 is 1.21 bits per heavy atom. The molecular weight excluding hydrogens is 733 g/mol. The van der Waals surface area contributed by atoms with E-state index in [9.17, 15) is 0 Å². The van der Waals surface area contributed by atoms with Crippen LogP contribution in [0.15, 0.2) is 174 Å². The molecule has 0 saturated carbocycles. The average molecular weight is 767 g/mol. The molecule has 0 bridgehead atoms. The van der Waals surface area contributed by atoms with Crippen LogP contribution < -0.4 is 15.1 Å². The molecule has 0 saturated heterocycles. The molecule has 4 heterocycles. The lowest BCUT2D eigenvalue weighted by atomic mass is 9.93. The highest BCUT2D eigenvalue weighted by Gasteiger charge is 2.26. The number of hydrogen-bond acceptors (Lipinski definition) is 5. The molecule has 270 valence electrons. The Hall–Kier alpha value is -6.60. The van der Waals surface area contributed by atoms with Gasteiger partial charge in [0.25, 0.3) is 0 Å². The molecule has 2 atom stereocenters. The molecule has 2 unspecified atom stereocenters. The maximum atomic E-state index is 5.21. The second kappa shape index (κ2) is 13.0. The van der Waals surface area contributed by atoms with E-state index in [1.165, 1.54) is 78.6 Å². The first-order valence-corrected chi connectivity index (χ1v) is 21.1. The number of para-hydroxylation sites is 2. The van der Waals surface area contributed by atoms with Crippen LogP contribution in [-0.2, 0) is 0 Å². The van der Waals surface area contributed by atoms with Gasteiger partial charge in [-0.3, -0.25) is 0 Å². The van der Waals surface area contributed by atoms with E-state index < -0.39 is 0 Å². The summed E-state index contributed by atoms with van der Waals surface area (Å²) in [4.78, 5) is 10.3. The largest absolute Gasteiger partial charge is 0.348 e. The summed E-state index contributed by atoms with van der Waals surface area (Å²) in [6.45, 7) is 0. The van der Waals surface area contributed by atoms with Gasteiger partial charge >= 0.3 is 0 Å². The summed E-state index contributed by atoms with van der Waals surface area (Å²) < 4.78 is 7.70. The molecule has 1 aliphatic heterocycles. The van der Waals surface area contributed by atoms with E-state index in [0.29, 0.717) is 0 Å². The Labute approximate surface area is 336 Å². The van der Waals surface area contributed by atoms with Crippen LogP contribution in [0.1, 0.15) is 23.7 Å². The van der Waals surface area contributed by atoms with E-state index in [1.807, 2.05) is 28.7 Å². The van der Waals surface area contributed by atoms with Crippen LogP contribution >= 0.6 is 22.7 Å². The van der Waals surface area contributed by atoms with E-state index >= 15 is 0 Å². The number of rotatable bonds is 5. The van der Waals surface area contributed by atoms with E-state index in [-0.39, 0.29) is 12.1 Å². The third kappa shape index (κ3) is 5.18. The van der Waals surface area contributed by atoms with E-state index in [1.54, 1.807) is 0 Å². The molecule has 0 spiro atoms. The number of thiophene rings is 2. The SMILES string of the molecule is C1=c2sc3cccc(-c4cccc5sc6c(-n7c8ccccc8c8ccccc87)cccc6c45)c3c2=CC(C2=NC(c3ccccc3)=NC(c3ccccc3)N2)C1. The van der Waals surface area contributed by atoms with Crippen LogP contribution in [0.25, 0.3) is 81.0 Å². The zero-order valence-electron chi connectivity index (χ0n) is 30.8. The first kappa shape index (κ1) is 32.6. The minimum atomic E-state index is -0.213. The maximum Gasteiger partial charge on any atom is 0.159 e. The van der Waals surface area contributed by atoms with Gasteiger partial charge in [-0.1, -0.05) is 146 Å². The fourth-order valence-corrected chi connectivity index (χ4v) is 11.4. The van der Waals surface area contributed by atoms with Gasteiger partial charge in [0.1, 0.15) is 12.0 Å². The topological polar surface area (TPSA) is 41.7 Å². The predicted octanol–water partition coefficient (Wildman–Crippen LogP) is 11.8. The van der Waals surface area contributed by atoms with Gasteiger partial charge < -0.3 is 9.88 Å². The number of fused-ring (bicyclic) bond motifs is 9. The summed E-state index contributed by atoms with van der Waals surface area (Å²) in [6.07, 6.45) is 5.55. The van der Waals surface area contributed by atoms with Crippen LogP contribution in [0.4, 0.5) is 0 Å². The van der Waals surface area contributed by atoms with Gasteiger partial charge in [0.2, 0.25) is 0 Å². The highest BCUT2D eigenvalue weighted by atomic mass is 32.1. The van der Waals surface area contributed by atoms with Crippen LogP contribution in [0.5, 0.6) is 0 Å². The Kier molecular flexibility index (Phi) is 7.43. The van der Waals surface area contributed by atoms with Crippen molar-refractivity contribution in [2.75, 3.05) is 0 Å². The lowest BCUT2D eigenvalue weighted by molar-refractivity contribution is 0.650. The molecule has 1 aliphatic carbocycles. The lowest BCUT2D eigenvalue weighted by Gasteiger charge is -2.27. The smallest absolute Gasteiger partial charge is 0.159 e. The summed E-state index contributed by atoms with van der Waals surface area (Å²) in [5, 5.41) is 11.5. The van der Waals surface area contributed by atoms with Crippen molar-refractivity contribution in [1.82, 2.24) is 9.88 Å². The van der Waals surface area contributed by atoms with Crippen LogP contribution in [0.3, 0.4) is 0 Å². The molecule has 10 aromatic rings. The van der Waals surface area contributed by atoms with Crippen molar-refractivity contribution in [1.29, 1.82) is 0 Å². The van der Waals surface area contributed by atoms with E-state index in [0.717, 1.165) is 29.2 Å². The first-order valence-electron chi connectivity index (χ1n) is 19.5. The summed E-state index contributed by atoms with van der Waals surface area (Å²) in [5.41, 5.74) is 8.38. The van der Waals surface area contributed by atoms with Crippen LogP contribution in [0, 0.1) is 5.92 Å². The zero-order chi connectivity index (χ0) is 37.5. The summed E-state index contributed by atoms with van der Waals surface area (Å²) in [7, 11) is 0. The number of nitrogens with zero attached hydrogens (tertiary/aromatic N) is 3. The fraction of sp³-hybridized carbons (Fsp3) is 0.0588. The second-order valence-electron chi connectivity index (χ2n) is 14.8. The monoisotopic (exact) mass is 766 g/mol. The van der Waals surface area contributed by atoms with Gasteiger partial charge in [-0.2, -0.15) is 0 Å². The molecule has 1 N–H and O–H groups in total. The summed E-state index contributed by atoms with van der Waals surface area (Å²) in [5.74, 6) is 1.81. The molecule has 0 amide bonds. The van der Waals surface area contributed by atoms with Crippen molar-refractivity contribution in [2.45, 2.75) is 12.6 Å². The third-order valence-electron chi connectivity index (χ3n) is 11.6. The lowest BCUT2D eigenvalue weighted by Crippen LogP contribution is -2.39. The molecule has 12 rings (SSSR count). The standard InChI is InChI=1S/C51H34N4S2/c1-3-14-31(15-4-1)49-52-50(32-16-5-2-6-17-32)54-51(53-49)33-28-29-43-39(30-33)47-37(21-12-26-44(47)56-43)36-20-13-27-45-46(36)38-22-11-25-42(48(38)57-45)55-40-23-9-7-18-34(40)35-19-8-10-24-41(35)55/h1-27,29-30,33,49H,28H2,(H,52,53,54).